The topological polar surface area (TPSA) is 64.3 Å². The molecule has 5 nitrogen and oxygen atoms in total. The average Bonchev–Trinajstić information content (AvgIpc) is 2.57. The van der Waals surface area contributed by atoms with Gasteiger partial charge in [-0.15, -0.1) is 0 Å². The van der Waals surface area contributed by atoms with E-state index in [1.807, 2.05) is 0 Å². The fourth-order valence-corrected chi connectivity index (χ4v) is 2.37. The van der Waals surface area contributed by atoms with Crippen molar-refractivity contribution in [2.24, 2.45) is 0 Å². The summed E-state index contributed by atoms with van der Waals surface area (Å²) < 4.78 is 19.4. The molecule has 1 heterocycles. The van der Waals surface area contributed by atoms with Crippen LogP contribution in [-0.4, -0.2) is 21.8 Å². The first kappa shape index (κ1) is 15.2. The summed E-state index contributed by atoms with van der Waals surface area (Å²) in [5.74, 6) is 0.243. The second-order valence-corrected chi connectivity index (χ2v) is 5.15. The zero-order chi connectivity index (χ0) is 16.4. The van der Waals surface area contributed by atoms with Crippen molar-refractivity contribution in [2.45, 2.75) is 12.6 Å². The maximum Gasteiger partial charge on any atom is 0.261 e. The molecule has 3 rings (SSSR count). The maximum atomic E-state index is 12.9. The normalized spacial score (nSPS) is 12.3. The lowest BCUT2D eigenvalue weighted by molar-refractivity contribution is 0.155. The number of benzene rings is 2. The predicted octanol–water partition coefficient (Wildman–Crippen LogP) is 2.28. The summed E-state index contributed by atoms with van der Waals surface area (Å²) in [6.07, 6.45) is 0.461. The Bertz CT molecular complexity index is 890. The van der Waals surface area contributed by atoms with E-state index in [2.05, 4.69) is 4.98 Å². The number of fused-ring (bicyclic) bond motifs is 1. The Balaban J connectivity index is 1.92. The van der Waals surface area contributed by atoms with Crippen molar-refractivity contribution in [2.75, 3.05) is 7.11 Å². The molecular weight excluding hydrogens is 299 g/mol. The summed E-state index contributed by atoms with van der Waals surface area (Å²) in [5.41, 5.74) is 0.814. The lowest BCUT2D eigenvalue weighted by Gasteiger charge is -2.13. The quantitative estimate of drug-likeness (QED) is 0.802. The van der Waals surface area contributed by atoms with Crippen molar-refractivity contribution in [1.29, 1.82) is 0 Å². The number of ether oxygens (including phenoxy) is 1. The van der Waals surface area contributed by atoms with Crippen LogP contribution < -0.4 is 10.3 Å². The zero-order valence-electron chi connectivity index (χ0n) is 12.4. The summed E-state index contributed by atoms with van der Waals surface area (Å²) in [6, 6.07) is 10.5. The average molecular weight is 314 g/mol. The van der Waals surface area contributed by atoms with Crippen molar-refractivity contribution in [1.82, 2.24) is 9.55 Å². The lowest BCUT2D eigenvalue weighted by atomic mass is 10.1. The number of aromatic nitrogens is 2. The molecule has 0 spiro atoms. The Hall–Kier alpha value is -2.73. The van der Waals surface area contributed by atoms with Crippen LogP contribution in [0.1, 0.15) is 11.7 Å². The van der Waals surface area contributed by atoms with Crippen LogP contribution in [0.25, 0.3) is 10.9 Å². The van der Waals surface area contributed by atoms with E-state index < -0.39 is 6.10 Å². The molecule has 0 amide bonds. The lowest BCUT2D eigenvalue weighted by Crippen LogP contribution is -2.23. The van der Waals surface area contributed by atoms with Crippen LogP contribution in [0, 0.1) is 5.82 Å². The SMILES string of the molecule is COc1ccc2c(=O)n(CC(O)c3ccc(F)cc3)cnc2c1. The van der Waals surface area contributed by atoms with E-state index in [1.54, 1.807) is 25.3 Å². The molecule has 1 aromatic heterocycles. The highest BCUT2D eigenvalue weighted by atomic mass is 19.1. The van der Waals surface area contributed by atoms with Crippen LogP contribution in [-0.2, 0) is 6.54 Å². The molecule has 23 heavy (non-hydrogen) atoms. The molecule has 1 atom stereocenters. The molecule has 0 aliphatic heterocycles. The van der Waals surface area contributed by atoms with Crippen molar-refractivity contribution in [3.63, 3.8) is 0 Å². The number of rotatable bonds is 4. The first-order valence-electron chi connectivity index (χ1n) is 7.05. The Labute approximate surface area is 131 Å². The predicted molar refractivity (Wildman–Crippen MR) is 83.9 cm³/mol. The van der Waals surface area contributed by atoms with Crippen LogP contribution in [0.2, 0.25) is 0 Å². The van der Waals surface area contributed by atoms with Crippen molar-refractivity contribution in [3.8, 4) is 5.75 Å². The smallest absolute Gasteiger partial charge is 0.261 e. The van der Waals surface area contributed by atoms with E-state index in [9.17, 15) is 14.3 Å². The van der Waals surface area contributed by atoms with Crippen LogP contribution in [0.5, 0.6) is 5.75 Å². The third-order valence-electron chi connectivity index (χ3n) is 3.66. The number of aliphatic hydroxyl groups excluding tert-OH is 1. The van der Waals surface area contributed by atoms with Gasteiger partial charge >= 0.3 is 0 Å². The van der Waals surface area contributed by atoms with Gasteiger partial charge in [0.05, 0.1) is 37.0 Å². The van der Waals surface area contributed by atoms with E-state index in [0.717, 1.165) is 0 Å². The van der Waals surface area contributed by atoms with Gasteiger partial charge in [-0.3, -0.25) is 9.36 Å². The molecule has 1 unspecified atom stereocenters. The van der Waals surface area contributed by atoms with E-state index in [4.69, 9.17) is 4.74 Å². The second kappa shape index (κ2) is 6.18. The Morgan fingerprint density at radius 2 is 2.00 bits per heavy atom. The monoisotopic (exact) mass is 314 g/mol. The highest BCUT2D eigenvalue weighted by molar-refractivity contribution is 5.78. The number of hydrogen-bond acceptors (Lipinski definition) is 4. The summed E-state index contributed by atoms with van der Waals surface area (Å²) >= 11 is 0. The van der Waals surface area contributed by atoms with Gasteiger partial charge in [0.25, 0.3) is 5.56 Å². The molecular formula is C17H15FN2O3. The molecule has 1 N–H and O–H groups in total. The fraction of sp³-hybridized carbons (Fsp3) is 0.176. The summed E-state index contributed by atoms with van der Waals surface area (Å²) in [7, 11) is 1.54. The minimum Gasteiger partial charge on any atom is -0.497 e. The van der Waals surface area contributed by atoms with Crippen molar-refractivity contribution < 1.29 is 14.2 Å². The molecule has 2 aromatic carbocycles. The van der Waals surface area contributed by atoms with Crippen LogP contribution in [0.3, 0.4) is 0 Å². The van der Waals surface area contributed by atoms with Gasteiger partial charge in [-0.05, 0) is 29.8 Å². The highest BCUT2D eigenvalue weighted by Gasteiger charge is 2.12. The molecule has 0 bridgehead atoms. The van der Waals surface area contributed by atoms with Crippen molar-refractivity contribution in [3.05, 3.63) is 70.5 Å². The standard InChI is InChI=1S/C17H15FN2O3/c1-23-13-6-7-14-15(8-13)19-10-20(17(14)22)9-16(21)11-2-4-12(18)5-3-11/h2-8,10,16,21H,9H2,1H3. The van der Waals surface area contributed by atoms with Crippen molar-refractivity contribution >= 4 is 10.9 Å². The van der Waals surface area contributed by atoms with E-state index in [0.29, 0.717) is 22.2 Å². The fourth-order valence-electron chi connectivity index (χ4n) is 2.37. The molecule has 0 aliphatic carbocycles. The molecule has 0 radical (unpaired) electrons. The third kappa shape index (κ3) is 3.07. The van der Waals surface area contributed by atoms with Crippen LogP contribution >= 0.6 is 0 Å². The Kier molecular flexibility index (Phi) is 4.08. The van der Waals surface area contributed by atoms with E-state index in [-0.39, 0.29) is 17.9 Å². The van der Waals surface area contributed by atoms with Gasteiger partial charge < -0.3 is 9.84 Å². The van der Waals surface area contributed by atoms with Gasteiger partial charge in [-0.25, -0.2) is 9.37 Å². The molecule has 118 valence electrons. The number of hydrogen-bond donors (Lipinski definition) is 1. The van der Waals surface area contributed by atoms with Gasteiger partial charge in [0.1, 0.15) is 11.6 Å². The third-order valence-corrected chi connectivity index (χ3v) is 3.66. The molecule has 3 aromatic rings. The number of aliphatic hydroxyl groups is 1. The number of methoxy groups -OCH3 is 1. The first-order valence-corrected chi connectivity index (χ1v) is 7.05. The van der Waals surface area contributed by atoms with Gasteiger partial charge in [0, 0.05) is 6.07 Å². The Morgan fingerprint density at radius 3 is 2.70 bits per heavy atom. The largest absolute Gasteiger partial charge is 0.497 e. The minimum atomic E-state index is -0.925. The minimum absolute atomic E-state index is 0.0411. The Morgan fingerprint density at radius 1 is 1.26 bits per heavy atom. The molecule has 0 aliphatic rings. The molecule has 0 saturated heterocycles. The van der Waals surface area contributed by atoms with E-state index in [1.165, 1.54) is 35.2 Å². The van der Waals surface area contributed by atoms with E-state index >= 15 is 0 Å². The maximum absolute atomic E-state index is 12.9. The molecule has 0 saturated carbocycles. The van der Waals surface area contributed by atoms with Gasteiger partial charge in [-0.1, -0.05) is 12.1 Å². The molecule has 0 fully saturated rings. The van der Waals surface area contributed by atoms with Crippen LogP contribution in [0.15, 0.2) is 53.6 Å². The van der Waals surface area contributed by atoms with Gasteiger partial charge in [-0.2, -0.15) is 0 Å². The summed E-state index contributed by atoms with van der Waals surface area (Å²) in [4.78, 5) is 16.7. The molecule has 6 heteroatoms. The number of nitrogens with zero attached hydrogens (tertiary/aromatic N) is 2. The summed E-state index contributed by atoms with van der Waals surface area (Å²) in [5, 5.41) is 10.7. The highest BCUT2D eigenvalue weighted by Crippen LogP contribution is 2.18. The number of halogens is 1. The zero-order valence-corrected chi connectivity index (χ0v) is 12.4. The first-order chi connectivity index (χ1) is 11.1. The summed E-state index contributed by atoms with van der Waals surface area (Å²) in [6.45, 7) is 0.0411. The second-order valence-electron chi connectivity index (χ2n) is 5.15. The van der Waals surface area contributed by atoms with Gasteiger partial charge in [0.2, 0.25) is 0 Å². The van der Waals surface area contributed by atoms with Crippen LogP contribution in [0.4, 0.5) is 4.39 Å². The van der Waals surface area contributed by atoms with Gasteiger partial charge in [0.15, 0.2) is 0 Å².